The molecule has 0 radical (unpaired) electrons. The van der Waals surface area contributed by atoms with Crippen LogP contribution >= 0.6 is 0 Å². The van der Waals surface area contributed by atoms with E-state index in [0.717, 1.165) is 16.6 Å². The Balaban J connectivity index is 1.25. The molecule has 0 saturated heterocycles. The van der Waals surface area contributed by atoms with Crippen molar-refractivity contribution in [1.82, 2.24) is 0 Å². The summed E-state index contributed by atoms with van der Waals surface area (Å²) in [5, 5.41) is 7.20. The number of fused-ring (bicyclic) bond motifs is 7. The van der Waals surface area contributed by atoms with Crippen molar-refractivity contribution in [2.75, 3.05) is 0 Å². The SMILES string of the molecule is C/C=c1/c(-c2cccc(-c3ccccc3C)c2)ccccccc(-c2ccc3c(c2)-c2cc4cc5oc6ccccc6c5cc4cc2C3(C)C)/c1=C/C. The molecule has 1 aliphatic carbocycles. The first-order valence-corrected chi connectivity index (χ1v) is 18.7. The van der Waals surface area contributed by atoms with Crippen LogP contribution in [0, 0.1) is 6.92 Å². The third-order valence-electron chi connectivity index (χ3n) is 11.4. The second kappa shape index (κ2) is 12.8. The third-order valence-corrected chi connectivity index (χ3v) is 11.4. The molecule has 0 fully saturated rings. The summed E-state index contributed by atoms with van der Waals surface area (Å²) in [5.74, 6) is 0. The van der Waals surface area contributed by atoms with E-state index in [1.54, 1.807) is 0 Å². The fourth-order valence-electron chi connectivity index (χ4n) is 8.66. The van der Waals surface area contributed by atoms with Crippen LogP contribution in [0.5, 0.6) is 0 Å². The zero-order valence-corrected chi connectivity index (χ0v) is 31.0. The van der Waals surface area contributed by atoms with Crippen LogP contribution in [0.1, 0.15) is 44.4 Å². The Bertz CT molecular complexity index is 2950. The molecular weight excluding hydrogens is 641 g/mol. The van der Waals surface area contributed by atoms with Crippen molar-refractivity contribution in [3.8, 4) is 44.5 Å². The fraction of sp³-hybridized carbons (Fsp3) is 0.115. The predicted molar refractivity (Wildman–Crippen MR) is 227 cm³/mol. The maximum Gasteiger partial charge on any atom is 0.136 e. The van der Waals surface area contributed by atoms with Gasteiger partial charge in [-0.2, -0.15) is 0 Å². The molecule has 1 aromatic heterocycles. The van der Waals surface area contributed by atoms with Crippen LogP contribution in [0.3, 0.4) is 0 Å². The molecule has 0 amide bonds. The van der Waals surface area contributed by atoms with Crippen LogP contribution in [-0.4, -0.2) is 0 Å². The molecule has 53 heavy (non-hydrogen) atoms. The summed E-state index contributed by atoms with van der Waals surface area (Å²) in [6.45, 7) is 11.2. The van der Waals surface area contributed by atoms with Gasteiger partial charge in [0.15, 0.2) is 0 Å². The van der Waals surface area contributed by atoms with E-state index in [0.29, 0.717) is 0 Å². The van der Waals surface area contributed by atoms with Crippen molar-refractivity contribution in [3.63, 3.8) is 0 Å². The Hall–Kier alpha value is -6.18. The minimum absolute atomic E-state index is 0.129. The zero-order valence-electron chi connectivity index (χ0n) is 31.0. The van der Waals surface area contributed by atoms with Gasteiger partial charge in [0.05, 0.1) is 0 Å². The molecule has 8 aromatic rings. The number of para-hydroxylation sites is 1. The highest BCUT2D eigenvalue weighted by Crippen LogP contribution is 2.51. The minimum atomic E-state index is -0.129. The molecule has 0 aliphatic heterocycles. The summed E-state index contributed by atoms with van der Waals surface area (Å²) in [5.41, 5.74) is 15.6. The van der Waals surface area contributed by atoms with Gasteiger partial charge in [-0.15, -0.1) is 0 Å². The highest BCUT2D eigenvalue weighted by atomic mass is 16.3. The summed E-state index contributed by atoms with van der Waals surface area (Å²) in [4.78, 5) is 0. The second-order valence-corrected chi connectivity index (χ2v) is 14.8. The largest absolute Gasteiger partial charge is 0.456 e. The van der Waals surface area contributed by atoms with Gasteiger partial charge in [-0.3, -0.25) is 0 Å². The molecule has 7 aromatic carbocycles. The maximum atomic E-state index is 6.31. The van der Waals surface area contributed by atoms with Crippen LogP contribution in [0.15, 0.2) is 156 Å². The normalized spacial score (nSPS) is 13.8. The molecule has 1 nitrogen and oxygen atoms in total. The highest BCUT2D eigenvalue weighted by Gasteiger charge is 2.36. The Labute approximate surface area is 311 Å². The molecule has 0 spiro atoms. The van der Waals surface area contributed by atoms with Gasteiger partial charge in [0.2, 0.25) is 0 Å². The summed E-state index contributed by atoms with van der Waals surface area (Å²) < 4.78 is 6.31. The number of hydrogen-bond acceptors (Lipinski definition) is 1. The number of aryl methyl sites for hydroxylation is 1. The summed E-state index contributed by atoms with van der Waals surface area (Å²) in [6.07, 6.45) is 4.54. The molecule has 9 rings (SSSR count). The van der Waals surface area contributed by atoms with Gasteiger partial charge in [0.1, 0.15) is 11.2 Å². The smallest absolute Gasteiger partial charge is 0.136 e. The van der Waals surface area contributed by atoms with Crippen LogP contribution in [0.4, 0.5) is 0 Å². The monoisotopic (exact) mass is 682 g/mol. The summed E-state index contributed by atoms with van der Waals surface area (Å²) >= 11 is 0. The number of rotatable bonds is 3. The first kappa shape index (κ1) is 32.7. The highest BCUT2D eigenvalue weighted by molar-refractivity contribution is 6.11. The van der Waals surface area contributed by atoms with Crippen LogP contribution < -0.4 is 10.4 Å². The first-order valence-electron chi connectivity index (χ1n) is 18.7. The van der Waals surface area contributed by atoms with Gasteiger partial charge in [-0.05, 0) is 146 Å². The molecule has 0 atom stereocenters. The second-order valence-electron chi connectivity index (χ2n) is 14.8. The van der Waals surface area contributed by atoms with Crippen LogP contribution in [0.25, 0.3) is 89.4 Å². The van der Waals surface area contributed by atoms with Crippen LogP contribution in [0.2, 0.25) is 0 Å². The summed E-state index contributed by atoms with van der Waals surface area (Å²) in [7, 11) is 0. The van der Waals surface area contributed by atoms with Gasteiger partial charge in [-0.1, -0.05) is 135 Å². The average Bonchev–Trinajstić information content (AvgIpc) is 3.64. The zero-order chi connectivity index (χ0) is 36.3. The van der Waals surface area contributed by atoms with Crippen molar-refractivity contribution < 1.29 is 4.42 Å². The van der Waals surface area contributed by atoms with E-state index < -0.39 is 0 Å². The molecule has 0 unspecified atom stereocenters. The van der Waals surface area contributed by atoms with Gasteiger partial charge >= 0.3 is 0 Å². The van der Waals surface area contributed by atoms with Gasteiger partial charge in [0, 0.05) is 16.2 Å². The lowest BCUT2D eigenvalue weighted by Gasteiger charge is -2.22. The lowest BCUT2D eigenvalue weighted by molar-refractivity contribution is 0.661. The maximum absolute atomic E-state index is 6.31. The Morgan fingerprint density at radius 2 is 1.04 bits per heavy atom. The molecular formula is C52H42O. The van der Waals surface area contributed by atoms with E-state index in [1.807, 2.05) is 6.07 Å². The van der Waals surface area contributed by atoms with E-state index in [1.165, 1.54) is 87.8 Å². The average molecular weight is 683 g/mol. The number of benzene rings is 6. The topological polar surface area (TPSA) is 13.1 Å². The molecule has 1 heteroatoms. The molecule has 1 aliphatic rings. The van der Waals surface area contributed by atoms with Gasteiger partial charge in [0.25, 0.3) is 0 Å². The number of hydrogen-bond donors (Lipinski definition) is 0. The van der Waals surface area contributed by atoms with Crippen molar-refractivity contribution in [1.29, 1.82) is 0 Å². The minimum Gasteiger partial charge on any atom is -0.456 e. The van der Waals surface area contributed by atoms with E-state index in [2.05, 4.69) is 192 Å². The third kappa shape index (κ3) is 5.39. The van der Waals surface area contributed by atoms with E-state index >= 15 is 0 Å². The van der Waals surface area contributed by atoms with E-state index in [9.17, 15) is 0 Å². The summed E-state index contributed by atoms with van der Waals surface area (Å²) in [6, 6.07) is 55.5. The number of furan rings is 1. The van der Waals surface area contributed by atoms with Crippen molar-refractivity contribution in [3.05, 3.63) is 179 Å². The molecule has 0 N–H and O–H groups in total. The van der Waals surface area contributed by atoms with Gasteiger partial charge < -0.3 is 4.42 Å². The van der Waals surface area contributed by atoms with Crippen molar-refractivity contribution >= 4 is 44.9 Å². The van der Waals surface area contributed by atoms with Gasteiger partial charge in [-0.25, -0.2) is 0 Å². The molecule has 0 bridgehead atoms. The lowest BCUT2D eigenvalue weighted by atomic mass is 9.81. The van der Waals surface area contributed by atoms with E-state index in [-0.39, 0.29) is 5.41 Å². The Morgan fingerprint density at radius 3 is 1.77 bits per heavy atom. The van der Waals surface area contributed by atoms with Crippen LogP contribution in [-0.2, 0) is 5.41 Å². The predicted octanol–water partition coefficient (Wildman–Crippen LogP) is 13.1. The Morgan fingerprint density at radius 1 is 0.434 bits per heavy atom. The van der Waals surface area contributed by atoms with Crippen molar-refractivity contribution in [2.45, 2.75) is 40.0 Å². The quantitative estimate of drug-likeness (QED) is 0.181. The van der Waals surface area contributed by atoms with E-state index in [4.69, 9.17) is 4.42 Å². The Kier molecular flexibility index (Phi) is 7.90. The van der Waals surface area contributed by atoms with Crippen molar-refractivity contribution in [2.24, 2.45) is 0 Å². The lowest BCUT2D eigenvalue weighted by Crippen LogP contribution is -2.27. The first-order chi connectivity index (χ1) is 25.9. The standard InChI is InChI=1S/C52H42O/c1-6-39-40(7-2)43(22-11-9-8-10-21-42(39)35-19-16-18-34(27-35)41-20-13-12-17-33(41)3)36-25-26-48-45(28-36)46-29-38-32-51-47(44-23-14-15-24-50(44)53-51)30-37(38)31-49(46)52(48,4)5/h6-32H,1-5H3/b10-8?,11-9?,39-6+,40-7+,42-21?,43-22?. The molecule has 0 saturated carbocycles. The fourth-order valence-corrected chi connectivity index (χ4v) is 8.66. The molecule has 1 heterocycles. The molecule has 256 valence electrons.